The first-order valence-corrected chi connectivity index (χ1v) is 43.8. The number of phosphoric acid groups is 2. The average molecular weight is 1440 g/mol. The van der Waals surface area contributed by atoms with E-state index in [4.69, 9.17) is 37.0 Å². The zero-order chi connectivity index (χ0) is 72.3. The van der Waals surface area contributed by atoms with Crippen LogP contribution < -0.4 is 0 Å². The molecule has 0 aromatic carbocycles. The van der Waals surface area contributed by atoms with Crippen LogP contribution in [0, 0.1) is 17.8 Å². The van der Waals surface area contributed by atoms with E-state index in [1.165, 1.54) is 212 Å². The van der Waals surface area contributed by atoms with E-state index in [2.05, 4.69) is 48.5 Å². The number of esters is 4. The summed E-state index contributed by atoms with van der Waals surface area (Å²) in [6.07, 6.45) is 56.9. The van der Waals surface area contributed by atoms with Crippen LogP contribution in [0.15, 0.2) is 0 Å². The Morgan fingerprint density at radius 3 is 0.694 bits per heavy atom. The van der Waals surface area contributed by atoms with Gasteiger partial charge in [0.15, 0.2) is 12.2 Å². The average Bonchev–Trinajstić information content (AvgIpc) is 0.962. The van der Waals surface area contributed by atoms with E-state index in [1.54, 1.807) is 0 Å². The fraction of sp³-hybridized carbons (Fsp3) is 0.949. The molecule has 0 saturated heterocycles. The van der Waals surface area contributed by atoms with Crippen molar-refractivity contribution in [2.45, 2.75) is 426 Å². The van der Waals surface area contributed by atoms with Crippen LogP contribution in [0.5, 0.6) is 0 Å². The Hall–Kier alpha value is -1.94. The highest BCUT2D eigenvalue weighted by molar-refractivity contribution is 7.47. The first kappa shape index (κ1) is 96.1. The third kappa shape index (κ3) is 72.4. The van der Waals surface area contributed by atoms with Gasteiger partial charge >= 0.3 is 39.5 Å². The van der Waals surface area contributed by atoms with Gasteiger partial charge in [-0.25, -0.2) is 9.13 Å². The summed E-state index contributed by atoms with van der Waals surface area (Å²) in [5.74, 6) is 0.159. The van der Waals surface area contributed by atoms with Gasteiger partial charge in [-0.05, 0) is 43.4 Å². The van der Waals surface area contributed by atoms with Gasteiger partial charge in [-0.1, -0.05) is 357 Å². The summed E-state index contributed by atoms with van der Waals surface area (Å²) in [6.45, 7) is 11.9. The molecule has 0 radical (unpaired) electrons. The van der Waals surface area contributed by atoms with Crippen molar-refractivity contribution < 1.29 is 80.2 Å². The quantitative estimate of drug-likeness (QED) is 0.0222. The Kier molecular flexibility index (Phi) is 68.1. The van der Waals surface area contributed by atoms with Crippen molar-refractivity contribution in [1.82, 2.24) is 0 Å². The van der Waals surface area contributed by atoms with Gasteiger partial charge in [-0.2, -0.15) is 0 Å². The van der Waals surface area contributed by atoms with Crippen molar-refractivity contribution in [3.8, 4) is 0 Å². The molecular weight excluding hydrogens is 1280 g/mol. The van der Waals surface area contributed by atoms with Crippen molar-refractivity contribution in [1.29, 1.82) is 0 Å². The molecule has 0 aromatic heterocycles. The minimum Gasteiger partial charge on any atom is -0.462 e. The second kappa shape index (κ2) is 69.4. The minimum atomic E-state index is -4.96. The maximum atomic E-state index is 13.1. The van der Waals surface area contributed by atoms with Crippen LogP contribution in [-0.2, 0) is 65.4 Å². The normalized spacial score (nSPS) is 14.0. The fourth-order valence-corrected chi connectivity index (χ4v) is 13.7. The van der Waals surface area contributed by atoms with E-state index in [0.29, 0.717) is 31.6 Å². The number of hydrogen-bond donors (Lipinski definition) is 3. The molecule has 2 unspecified atom stereocenters. The molecule has 0 saturated carbocycles. The molecule has 0 amide bonds. The molecule has 0 fully saturated rings. The van der Waals surface area contributed by atoms with Gasteiger partial charge in [-0.15, -0.1) is 0 Å². The SMILES string of the molecule is CCCCCCCCCCCCCCCCCCCC(=O)O[C@H](COC(=O)CCCCCCCCCCCCCCCC(C)C)COP(=O)(O)OC[C@@H](O)COP(=O)(O)OC[C@@H](COC(=O)CCCCCCCCCC(C)C)OC(=O)CCCCCCCCCCCCCCC(C)C. The second-order valence-corrected chi connectivity index (χ2v) is 32.8. The summed E-state index contributed by atoms with van der Waals surface area (Å²) in [7, 11) is -9.92. The van der Waals surface area contributed by atoms with E-state index in [0.717, 1.165) is 108 Å². The molecule has 5 atom stereocenters. The first-order valence-electron chi connectivity index (χ1n) is 40.8. The van der Waals surface area contributed by atoms with Crippen LogP contribution in [0.2, 0.25) is 0 Å². The maximum absolute atomic E-state index is 13.1. The number of aliphatic hydroxyl groups excluding tert-OH is 1. The predicted octanol–water partition coefficient (Wildman–Crippen LogP) is 23.4. The molecule has 0 aliphatic heterocycles. The Bertz CT molecular complexity index is 1900. The number of aliphatic hydroxyl groups is 1. The topological polar surface area (TPSA) is 237 Å². The molecule has 17 nitrogen and oxygen atoms in total. The lowest BCUT2D eigenvalue weighted by molar-refractivity contribution is -0.161. The van der Waals surface area contributed by atoms with Crippen molar-refractivity contribution in [2.75, 3.05) is 39.6 Å². The third-order valence-electron chi connectivity index (χ3n) is 18.4. The van der Waals surface area contributed by atoms with Gasteiger partial charge in [0.2, 0.25) is 0 Å². The van der Waals surface area contributed by atoms with Gasteiger partial charge in [-0.3, -0.25) is 37.3 Å². The lowest BCUT2D eigenvalue weighted by atomic mass is 10.0. The van der Waals surface area contributed by atoms with Crippen LogP contribution >= 0.6 is 15.6 Å². The summed E-state index contributed by atoms with van der Waals surface area (Å²) in [6, 6.07) is 0. The van der Waals surface area contributed by atoms with Crippen molar-refractivity contribution in [3.63, 3.8) is 0 Å². The van der Waals surface area contributed by atoms with Gasteiger partial charge in [0, 0.05) is 25.7 Å². The fourth-order valence-electron chi connectivity index (χ4n) is 12.1. The highest BCUT2D eigenvalue weighted by Crippen LogP contribution is 2.45. The number of unbranched alkanes of at least 4 members (excludes halogenated alkanes) is 45. The monoisotopic (exact) mass is 1440 g/mol. The second-order valence-electron chi connectivity index (χ2n) is 29.9. The molecule has 3 N–H and O–H groups in total. The molecular formula is C79H154O17P2. The molecule has 0 aliphatic rings. The number of ether oxygens (including phenoxy) is 4. The van der Waals surface area contributed by atoms with Crippen LogP contribution in [-0.4, -0.2) is 96.7 Å². The van der Waals surface area contributed by atoms with Gasteiger partial charge in [0.25, 0.3) is 0 Å². The molecule has 0 heterocycles. The smallest absolute Gasteiger partial charge is 0.462 e. The third-order valence-corrected chi connectivity index (χ3v) is 20.3. The molecule has 98 heavy (non-hydrogen) atoms. The van der Waals surface area contributed by atoms with Crippen LogP contribution in [0.3, 0.4) is 0 Å². The maximum Gasteiger partial charge on any atom is 0.472 e. The van der Waals surface area contributed by atoms with Crippen molar-refractivity contribution in [3.05, 3.63) is 0 Å². The van der Waals surface area contributed by atoms with E-state index in [1.807, 2.05) is 0 Å². The molecule has 0 aliphatic carbocycles. The van der Waals surface area contributed by atoms with Crippen molar-refractivity contribution in [2.24, 2.45) is 17.8 Å². The number of phosphoric ester groups is 2. The number of carbonyl (C=O) groups is 4. The molecule has 0 bridgehead atoms. The van der Waals surface area contributed by atoms with E-state index in [-0.39, 0.29) is 25.7 Å². The van der Waals surface area contributed by atoms with E-state index in [9.17, 15) is 43.2 Å². The predicted molar refractivity (Wildman–Crippen MR) is 400 cm³/mol. The lowest BCUT2D eigenvalue weighted by Gasteiger charge is -2.21. The Labute approximate surface area is 600 Å². The Balaban J connectivity index is 5.25. The summed E-state index contributed by atoms with van der Waals surface area (Å²) in [5.41, 5.74) is 0. The van der Waals surface area contributed by atoms with Crippen molar-refractivity contribution >= 4 is 39.5 Å². The largest absolute Gasteiger partial charge is 0.472 e. The number of hydrogen-bond acceptors (Lipinski definition) is 15. The molecule has 19 heteroatoms. The Morgan fingerprint density at radius 1 is 0.276 bits per heavy atom. The van der Waals surface area contributed by atoms with Gasteiger partial charge in [0.05, 0.1) is 26.4 Å². The zero-order valence-electron chi connectivity index (χ0n) is 64.3. The van der Waals surface area contributed by atoms with E-state index < -0.39 is 97.5 Å². The molecule has 0 aromatic rings. The summed E-state index contributed by atoms with van der Waals surface area (Å²) in [5, 5.41) is 10.6. The van der Waals surface area contributed by atoms with Gasteiger partial charge < -0.3 is 33.8 Å². The van der Waals surface area contributed by atoms with Crippen LogP contribution in [0.1, 0.15) is 408 Å². The highest BCUT2D eigenvalue weighted by atomic mass is 31.2. The van der Waals surface area contributed by atoms with Crippen LogP contribution in [0.25, 0.3) is 0 Å². The summed E-state index contributed by atoms with van der Waals surface area (Å²) < 4.78 is 68.7. The van der Waals surface area contributed by atoms with E-state index >= 15 is 0 Å². The summed E-state index contributed by atoms with van der Waals surface area (Å²) in [4.78, 5) is 72.9. The first-order chi connectivity index (χ1) is 47.2. The minimum absolute atomic E-state index is 0.106. The summed E-state index contributed by atoms with van der Waals surface area (Å²) >= 11 is 0. The molecule has 0 spiro atoms. The Morgan fingerprint density at radius 2 is 0.469 bits per heavy atom. The molecule has 0 rings (SSSR count). The highest BCUT2D eigenvalue weighted by Gasteiger charge is 2.30. The molecule has 582 valence electrons. The lowest BCUT2D eigenvalue weighted by Crippen LogP contribution is -2.30. The van der Waals surface area contributed by atoms with Crippen LogP contribution in [0.4, 0.5) is 0 Å². The standard InChI is InChI=1S/C79H154O17P2/c1-8-9-10-11-12-13-14-15-16-17-18-21-28-33-40-48-55-62-78(83)95-74(66-89-76(81)60-53-46-39-32-27-22-19-20-25-30-36-43-50-57-70(2)3)68-93-97(85,86)91-64-73(80)65-92-98(87,88)94-69-75(67-90-77(82)61-54-47-42-35-38-45-52-59-72(6)7)96-79(84)63-56-49-41-34-29-24-23-26-31-37-44-51-58-71(4)5/h70-75,80H,8-69H2,1-7H3,(H,85,86)(H,87,88)/t73-,74-,75-/m1/s1. The van der Waals surface area contributed by atoms with Gasteiger partial charge in [0.1, 0.15) is 19.3 Å². The zero-order valence-corrected chi connectivity index (χ0v) is 66.0. The number of carbonyl (C=O) groups excluding carboxylic acids is 4. The number of rotatable bonds is 77.